The van der Waals surface area contributed by atoms with E-state index >= 15 is 0 Å². The van der Waals surface area contributed by atoms with Gasteiger partial charge in [0, 0.05) is 27.6 Å². The molecule has 2 nitrogen and oxygen atoms in total. The van der Waals surface area contributed by atoms with Gasteiger partial charge in [0.1, 0.15) is 0 Å². The molecule has 412 valence electrons. The molecule has 1 aromatic heterocycles. The molecule has 0 atom stereocenters. The van der Waals surface area contributed by atoms with Gasteiger partial charge < -0.3 is 9.47 Å². The molecular weight excluding hydrogens is 1070 g/mol. The van der Waals surface area contributed by atoms with E-state index in [0.29, 0.717) is 11.8 Å². The van der Waals surface area contributed by atoms with E-state index < -0.39 is 16.1 Å². The van der Waals surface area contributed by atoms with E-state index in [1.807, 2.05) is 0 Å². The lowest BCUT2D eigenvalue weighted by molar-refractivity contribution is -0.0419. The summed E-state index contributed by atoms with van der Waals surface area (Å²) in [6.45, 7) is 0. The Bertz CT molecular complexity index is 4200. The van der Waals surface area contributed by atoms with E-state index in [4.69, 9.17) is 0 Å². The molecule has 0 amide bonds. The van der Waals surface area contributed by atoms with E-state index in [0.717, 1.165) is 17.5 Å². The molecule has 86 heavy (non-hydrogen) atoms. The van der Waals surface area contributed by atoms with Gasteiger partial charge in [-0.3, -0.25) is 0 Å². The molecule has 1 aliphatic heterocycles. The molecule has 12 aromatic carbocycles. The maximum atomic E-state index is 2.60. The SMILES string of the molecule is c1ccc([Si](c2ccccc2)(c2ccccc2)c2ccc3c(c2)c2cc([Si](c4ccccc4)(c4ccccc4)c4ccccc4)ccc2n3-c2cccc(-c3cccc(N4c5ccccc5C5(c6ccccc64)C4C[C@H]6C[C@@H](C4)C[C@@H]5C6)c3)c2)cc1. The van der Waals surface area contributed by atoms with Crippen LogP contribution >= 0.6 is 0 Å². The lowest BCUT2D eigenvalue weighted by atomic mass is 9.41. The number of nitrogens with zero attached hydrogens (tertiary/aromatic N) is 2. The lowest BCUT2D eigenvalue weighted by Gasteiger charge is -2.64. The van der Waals surface area contributed by atoms with Crippen LogP contribution in [0.4, 0.5) is 17.1 Å². The van der Waals surface area contributed by atoms with Crippen LogP contribution in [0.25, 0.3) is 38.6 Å². The number of fused-ring (bicyclic) bond motifs is 5. The first kappa shape index (κ1) is 51.1. The van der Waals surface area contributed by atoms with E-state index in [-0.39, 0.29) is 5.41 Å². The fourth-order valence-corrected chi connectivity index (χ4v) is 27.5. The summed E-state index contributed by atoms with van der Waals surface area (Å²) in [4.78, 5) is 2.60. The maximum absolute atomic E-state index is 2.92. The predicted molar refractivity (Wildman–Crippen MR) is 366 cm³/mol. The Morgan fingerprint density at radius 3 is 1.00 bits per heavy atom. The molecule has 4 saturated carbocycles. The predicted octanol–water partition coefficient (Wildman–Crippen LogP) is 14.7. The van der Waals surface area contributed by atoms with Crippen molar-refractivity contribution in [2.24, 2.45) is 23.7 Å². The van der Waals surface area contributed by atoms with Gasteiger partial charge in [0.05, 0.1) is 22.4 Å². The first-order valence-electron chi connectivity index (χ1n) is 31.2. The van der Waals surface area contributed by atoms with Crippen LogP contribution in [0, 0.1) is 23.7 Å². The summed E-state index contributed by atoms with van der Waals surface area (Å²) in [5.41, 5.74) is 13.0. The summed E-state index contributed by atoms with van der Waals surface area (Å²) in [5.74, 6) is 3.17. The number of hydrogen-bond donors (Lipinski definition) is 0. The van der Waals surface area contributed by atoms with Crippen LogP contribution in [0.3, 0.4) is 0 Å². The Morgan fingerprint density at radius 2 is 0.616 bits per heavy atom. The number of para-hydroxylation sites is 2. The van der Waals surface area contributed by atoms with E-state index in [1.165, 1.54) is 124 Å². The fraction of sp³-hybridized carbons (Fsp3) is 0.122. The Kier molecular flexibility index (Phi) is 12.2. The molecule has 4 aliphatic carbocycles. The van der Waals surface area contributed by atoms with Gasteiger partial charge in [-0.15, -0.1) is 0 Å². The highest BCUT2D eigenvalue weighted by molar-refractivity contribution is 7.20. The minimum Gasteiger partial charge on any atom is -0.310 e. The normalized spacial score (nSPS) is 18.3. The Hall–Kier alpha value is -9.33. The highest BCUT2D eigenvalue weighted by atomic mass is 28.3. The monoisotopic (exact) mass is 1130 g/mol. The summed E-state index contributed by atoms with van der Waals surface area (Å²) in [6.07, 6.45) is 6.91. The summed E-state index contributed by atoms with van der Waals surface area (Å²) in [6, 6.07) is 121. The molecule has 18 rings (SSSR count). The number of rotatable bonds is 11. The molecule has 0 saturated heterocycles. The number of anilines is 3. The van der Waals surface area contributed by atoms with Crippen LogP contribution in [0.15, 0.2) is 315 Å². The van der Waals surface area contributed by atoms with Gasteiger partial charge >= 0.3 is 0 Å². The summed E-state index contributed by atoms with van der Waals surface area (Å²) in [7, 11) is -5.85. The van der Waals surface area contributed by atoms with E-state index in [1.54, 1.807) is 11.1 Å². The molecule has 4 fully saturated rings. The van der Waals surface area contributed by atoms with Crippen molar-refractivity contribution in [3.05, 3.63) is 327 Å². The zero-order chi connectivity index (χ0) is 56.8. The third-order valence-electron chi connectivity index (χ3n) is 21.0. The second-order valence-electron chi connectivity index (χ2n) is 25.1. The van der Waals surface area contributed by atoms with Crippen molar-refractivity contribution in [1.82, 2.24) is 4.57 Å². The summed E-state index contributed by atoms with van der Waals surface area (Å²) < 4.78 is 2.56. The van der Waals surface area contributed by atoms with Gasteiger partial charge in [-0.25, -0.2) is 0 Å². The van der Waals surface area contributed by atoms with Crippen molar-refractivity contribution >= 4 is 96.5 Å². The van der Waals surface area contributed by atoms with Gasteiger partial charge in [0.25, 0.3) is 0 Å². The molecule has 4 heteroatoms. The Balaban J connectivity index is 0.876. The van der Waals surface area contributed by atoms with Crippen molar-refractivity contribution in [3.63, 3.8) is 0 Å². The molecule has 0 unspecified atom stereocenters. The highest BCUT2D eigenvalue weighted by Crippen LogP contribution is 2.69. The van der Waals surface area contributed by atoms with Crippen LogP contribution in [0.2, 0.25) is 0 Å². The third kappa shape index (κ3) is 7.62. The highest BCUT2D eigenvalue weighted by Gasteiger charge is 2.61. The molecule has 2 heterocycles. The second-order valence-corrected chi connectivity index (χ2v) is 32.8. The van der Waals surface area contributed by atoms with Crippen molar-refractivity contribution in [2.75, 3.05) is 4.90 Å². The van der Waals surface area contributed by atoms with Gasteiger partial charge in [0.2, 0.25) is 0 Å². The summed E-state index contributed by atoms with van der Waals surface area (Å²) in [5, 5.41) is 13.4. The second kappa shape index (κ2) is 20.4. The molecule has 4 bridgehead atoms. The first-order valence-corrected chi connectivity index (χ1v) is 35.2. The molecule has 13 aromatic rings. The summed E-state index contributed by atoms with van der Waals surface area (Å²) >= 11 is 0. The minimum absolute atomic E-state index is 0.0650. The molecule has 0 N–H and O–H groups in total. The smallest absolute Gasteiger partial charge is 0.179 e. The largest absolute Gasteiger partial charge is 0.310 e. The molecular formula is C82H66N2Si2. The van der Waals surface area contributed by atoms with Crippen LogP contribution in [0.5, 0.6) is 0 Å². The molecule has 1 spiro atoms. The molecule has 0 radical (unpaired) electrons. The Morgan fingerprint density at radius 1 is 0.279 bits per heavy atom. The zero-order valence-electron chi connectivity index (χ0n) is 48.3. The number of aromatic nitrogens is 1. The van der Waals surface area contributed by atoms with Crippen molar-refractivity contribution < 1.29 is 0 Å². The van der Waals surface area contributed by atoms with Gasteiger partial charge in [-0.1, -0.05) is 267 Å². The van der Waals surface area contributed by atoms with Crippen LogP contribution < -0.4 is 46.4 Å². The topological polar surface area (TPSA) is 8.17 Å². The van der Waals surface area contributed by atoms with Gasteiger partial charge in [-0.05, 0) is 168 Å². The fourth-order valence-electron chi connectivity index (χ4n) is 17.9. The van der Waals surface area contributed by atoms with Crippen molar-refractivity contribution in [2.45, 2.75) is 37.5 Å². The van der Waals surface area contributed by atoms with Gasteiger partial charge in [-0.2, -0.15) is 0 Å². The maximum Gasteiger partial charge on any atom is 0.179 e. The van der Waals surface area contributed by atoms with E-state index in [9.17, 15) is 0 Å². The Labute approximate surface area is 507 Å². The lowest BCUT2D eigenvalue weighted by Crippen LogP contribution is -2.74. The van der Waals surface area contributed by atoms with E-state index in [2.05, 4.69) is 325 Å². The van der Waals surface area contributed by atoms with Crippen molar-refractivity contribution in [3.8, 4) is 16.8 Å². The third-order valence-corrected chi connectivity index (χ3v) is 30.6. The van der Waals surface area contributed by atoms with Crippen molar-refractivity contribution in [1.29, 1.82) is 0 Å². The number of benzene rings is 12. The van der Waals surface area contributed by atoms with Crippen LogP contribution in [-0.4, -0.2) is 20.7 Å². The average Bonchev–Trinajstić information content (AvgIpc) is 0.772. The van der Waals surface area contributed by atoms with Crippen LogP contribution in [0.1, 0.15) is 43.2 Å². The zero-order valence-corrected chi connectivity index (χ0v) is 50.3. The first-order chi connectivity index (χ1) is 42.6. The minimum atomic E-state index is -2.92. The quantitative estimate of drug-likeness (QED) is 0.0926. The number of hydrogen-bond acceptors (Lipinski definition) is 1. The van der Waals surface area contributed by atoms with Gasteiger partial charge in [0.15, 0.2) is 16.1 Å². The average molecular weight is 1140 g/mol. The standard InChI is InChI=1S/C82H66N2Si2/c1-7-29-66(30-8-1)85(67-31-9-2-10-32-67,68-33-11-3-12-34-68)72-45-47-78-74(56-72)75-57-73(86(69-35-13-4-14-36-69,70-37-15-5-16-38-70)71-39-17-6-18-40-71)46-48-79(75)83(78)64-27-23-25-60(54-64)61-26-24-28-65(55-61)84-80-43-21-19-41-76(80)82(77-42-20-22-44-81(77)84)62-50-58-49-59(52-62)53-63(82)51-58/h1-48,54-59,62-63H,49-53H2/t58-,59+,62-,63?. The van der Waals surface area contributed by atoms with Crippen LogP contribution in [-0.2, 0) is 5.41 Å². The molecule has 5 aliphatic rings.